The standard InChI is InChI=1S/C14H19NO2/c1-10-7-12(11-3-2-4-15-9-11)14-13(8-10)16-5-6-17-14/h7-8,11,15H,2-6,9H2,1H3. The van der Waals surface area contributed by atoms with E-state index < -0.39 is 0 Å². The molecule has 2 aliphatic rings. The van der Waals surface area contributed by atoms with Crippen molar-refractivity contribution in [3.05, 3.63) is 23.3 Å². The van der Waals surface area contributed by atoms with E-state index in [0.29, 0.717) is 19.1 Å². The summed E-state index contributed by atoms with van der Waals surface area (Å²) in [6, 6.07) is 4.33. The van der Waals surface area contributed by atoms with Crippen LogP contribution in [0.4, 0.5) is 0 Å². The minimum atomic E-state index is 0.569. The third-order valence-corrected chi connectivity index (χ3v) is 3.55. The van der Waals surface area contributed by atoms with Gasteiger partial charge in [-0.2, -0.15) is 0 Å². The maximum atomic E-state index is 5.81. The van der Waals surface area contributed by atoms with Crippen molar-refractivity contribution in [2.24, 2.45) is 0 Å². The van der Waals surface area contributed by atoms with Crippen LogP contribution in [0.1, 0.15) is 29.9 Å². The molecule has 0 radical (unpaired) electrons. The monoisotopic (exact) mass is 233 g/mol. The maximum Gasteiger partial charge on any atom is 0.164 e. The Bertz CT molecular complexity index is 411. The van der Waals surface area contributed by atoms with Gasteiger partial charge in [0.15, 0.2) is 11.5 Å². The third-order valence-electron chi connectivity index (χ3n) is 3.55. The van der Waals surface area contributed by atoms with Crippen LogP contribution in [0.25, 0.3) is 0 Å². The molecule has 0 spiro atoms. The Morgan fingerprint density at radius 2 is 2.12 bits per heavy atom. The molecular formula is C14H19NO2. The van der Waals surface area contributed by atoms with E-state index >= 15 is 0 Å². The van der Waals surface area contributed by atoms with Crippen LogP contribution in [0, 0.1) is 6.92 Å². The van der Waals surface area contributed by atoms with Crippen molar-refractivity contribution in [2.75, 3.05) is 26.3 Å². The van der Waals surface area contributed by atoms with Crippen molar-refractivity contribution in [1.82, 2.24) is 5.32 Å². The molecule has 2 heterocycles. The van der Waals surface area contributed by atoms with Crippen LogP contribution in [0.15, 0.2) is 12.1 Å². The summed E-state index contributed by atoms with van der Waals surface area (Å²) in [7, 11) is 0. The van der Waals surface area contributed by atoms with Gasteiger partial charge in [-0.05, 0) is 37.9 Å². The Morgan fingerprint density at radius 1 is 1.24 bits per heavy atom. The fraction of sp³-hybridized carbons (Fsp3) is 0.571. The fourth-order valence-electron chi connectivity index (χ4n) is 2.74. The number of hydrogen-bond acceptors (Lipinski definition) is 3. The average molecular weight is 233 g/mol. The zero-order valence-corrected chi connectivity index (χ0v) is 10.3. The molecule has 0 saturated carbocycles. The number of rotatable bonds is 1. The van der Waals surface area contributed by atoms with E-state index in [9.17, 15) is 0 Å². The minimum Gasteiger partial charge on any atom is -0.486 e. The molecule has 1 saturated heterocycles. The summed E-state index contributed by atoms with van der Waals surface area (Å²) in [5.41, 5.74) is 2.58. The van der Waals surface area contributed by atoms with Gasteiger partial charge >= 0.3 is 0 Å². The molecule has 0 amide bonds. The third kappa shape index (κ3) is 2.12. The van der Waals surface area contributed by atoms with Gasteiger partial charge in [-0.15, -0.1) is 0 Å². The minimum absolute atomic E-state index is 0.569. The first-order chi connectivity index (χ1) is 8.34. The van der Waals surface area contributed by atoms with Crippen LogP contribution in [0.5, 0.6) is 11.5 Å². The highest BCUT2D eigenvalue weighted by Gasteiger charge is 2.24. The van der Waals surface area contributed by atoms with E-state index in [1.54, 1.807) is 0 Å². The fourth-order valence-corrected chi connectivity index (χ4v) is 2.74. The molecule has 3 heteroatoms. The number of nitrogens with one attached hydrogen (secondary N) is 1. The van der Waals surface area contributed by atoms with Gasteiger partial charge in [0.05, 0.1) is 0 Å². The van der Waals surface area contributed by atoms with Crippen molar-refractivity contribution < 1.29 is 9.47 Å². The van der Waals surface area contributed by atoms with Gasteiger partial charge in [-0.3, -0.25) is 0 Å². The van der Waals surface area contributed by atoms with Gasteiger partial charge in [-0.1, -0.05) is 6.07 Å². The molecule has 1 atom stereocenters. The van der Waals surface area contributed by atoms with Gasteiger partial charge in [0.1, 0.15) is 13.2 Å². The number of piperidine rings is 1. The second-order valence-electron chi connectivity index (χ2n) is 4.92. The SMILES string of the molecule is Cc1cc2c(c(C3CCCNC3)c1)OCCO2. The van der Waals surface area contributed by atoms with E-state index in [0.717, 1.165) is 24.6 Å². The zero-order chi connectivity index (χ0) is 11.7. The van der Waals surface area contributed by atoms with Crippen LogP contribution in [-0.4, -0.2) is 26.3 Å². The Balaban J connectivity index is 1.98. The van der Waals surface area contributed by atoms with E-state index in [4.69, 9.17) is 9.47 Å². The van der Waals surface area contributed by atoms with Crippen molar-refractivity contribution in [2.45, 2.75) is 25.7 Å². The average Bonchev–Trinajstić information content (AvgIpc) is 2.39. The molecule has 1 aromatic rings. The first-order valence-corrected chi connectivity index (χ1v) is 6.45. The molecule has 1 N–H and O–H groups in total. The van der Waals surface area contributed by atoms with Gasteiger partial charge in [-0.25, -0.2) is 0 Å². The molecule has 92 valence electrons. The topological polar surface area (TPSA) is 30.5 Å². The van der Waals surface area contributed by atoms with Crippen molar-refractivity contribution in [1.29, 1.82) is 0 Å². The molecule has 1 aromatic carbocycles. The summed E-state index contributed by atoms with van der Waals surface area (Å²) >= 11 is 0. The Kier molecular flexibility index (Phi) is 2.93. The molecule has 17 heavy (non-hydrogen) atoms. The highest BCUT2D eigenvalue weighted by Crippen LogP contribution is 2.40. The number of aryl methyl sites for hydroxylation is 1. The highest BCUT2D eigenvalue weighted by molar-refractivity contribution is 5.51. The van der Waals surface area contributed by atoms with Crippen molar-refractivity contribution in [3.63, 3.8) is 0 Å². The molecule has 3 rings (SSSR count). The Morgan fingerprint density at radius 3 is 2.94 bits per heavy atom. The molecule has 1 fully saturated rings. The lowest BCUT2D eigenvalue weighted by Gasteiger charge is -2.28. The Labute approximate surface area is 102 Å². The van der Waals surface area contributed by atoms with Crippen molar-refractivity contribution >= 4 is 0 Å². The first-order valence-electron chi connectivity index (χ1n) is 6.45. The maximum absolute atomic E-state index is 5.81. The van der Waals surface area contributed by atoms with Gasteiger partial charge in [0, 0.05) is 18.0 Å². The molecular weight excluding hydrogens is 214 g/mol. The lowest BCUT2D eigenvalue weighted by Crippen LogP contribution is -2.29. The van der Waals surface area contributed by atoms with Gasteiger partial charge in [0.25, 0.3) is 0 Å². The number of hydrogen-bond donors (Lipinski definition) is 1. The molecule has 0 aromatic heterocycles. The normalized spacial score (nSPS) is 23.5. The first kappa shape index (κ1) is 10.9. The Hall–Kier alpha value is -1.22. The molecule has 3 nitrogen and oxygen atoms in total. The number of ether oxygens (including phenoxy) is 2. The van der Waals surface area contributed by atoms with Crippen LogP contribution in [0.3, 0.4) is 0 Å². The van der Waals surface area contributed by atoms with Gasteiger partial charge < -0.3 is 14.8 Å². The van der Waals surface area contributed by atoms with Crippen LogP contribution in [0.2, 0.25) is 0 Å². The van der Waals surface area contributed by atoms with E-state index in [-0.39, 0.29) is 0 Å². The molecule has 0 bridgehead atoms. The van der Waals surface area contributed by atoms with E-state index in [1.165, 1.54) is 24.0 Å². The predicted octanol–water partition coefficient (Wildman–Crippen LogP) is 2.23. The highest BCUT2D eigenvalue weighted by atomic mass is 16.6. The molecule has 2 aliphatic heterocycles. The second kappa shape index (κ2) is 4.57. The zero-order valence-electron chi connectivity index (χ0n) is 10.3. The summed E-state index contributed by atoms with van der Waals surface area (Å²) in [4.78, 5) is 0. The van der Waals surface area contributed by atoms with E-state index in [2.05, 4.69) is 24.4 Å². The van der Waals surface area contributed by atoms with Gasteiger partial charge in [0.2, 0.25) is 0 Å². The lowest BCUT2D eigenvalue weighted by molar-refractivity contribution is 0.168. The largest absolute Gasteiger partial charge is 0.486 e. The van der Waals surface area contributed by atoms with Crippen LogP contribution in [-0.2, 0) is 0 Å². The predicted molar refractivity (Wildman–Crippen MR) is 67.0 cm³/mol. The number of benzene rings is 1. The second-order valence-corrected chi connectivity index (χ2v) is 4.92. The quantitative estimate of drug-likeness (QED) is 0.807. The molecule has 0 aliphatic carbocycles. The summed E-state index contributed by atoms with van der Waals surface area (Å²) < 4.78 is 11.5. The van der Waals surface area contributed by atoms with Crippen molar-refractivity contribution in [3.8, 4) is 11.5 Å². The molecule has 1 unspecified atom stereocenters. The summed E-state index contributed by atoms with van der Waals surface area (Å²) in [6.45, 7) is 5.65. The van der Waals surface area contributed by atoms with Crippen LogP contribution >= 0.6 is 0 Å². The van der Waals surface area contributed by atoms with Crippen LogP contribution < -0.4 is 14.8 Å². The summed E-state index contributed by atoms with van der Waals surface area (Å²) in [6.07, 6.45) is 2.49. The summed E-state index contributed by atoms with van der Waals surface area (Å²) in [5, 5.41) is 3.46. The smallest absolute Gasteiger partial charge is 0.164 e. The van der Waals surface area contributed by atoms with E-state index in [1.807, 2.05) is 0 Å². The number of fused-ring (bicyclic) bond motifs is 1. The summed E-state index contributed by atoms with van der Waals surface area (Å²) in [5.74, 6) is 2.48. The lowest BCUT2D eigenvalue weighted by atomic mass is 9.89.